The summed E-state index contributed by atoms with van der Waals surface area (Å²) in [6.07, 6.45) is 0.997. The minimum absolute atomic E-state index is 0.0505. The maximum atomic E-state index is 12.6. The van der Waals surface area contributed by atoms with Gasteiger partial charge in [-0.3, -0.25) is 14.8 Å². The van der Waals surface area contributed by atoms with E-state index in [4.69, 9.17) is 14.2 Å². The van der Waals surface area contributed by atoms with Gasteiger partial charge in [0.1, 0.15) is 0 Å². The molecule has 0 aliphatic rings. The van der Waals surface area contributed by atoms with Crippen LogP contribution in [-0.2, 0) is 10.0 Å². The van der Waals surface area contributed by atoms with Crippen LogP contribution in [0.5, 0.6) is 17.2 Å². The number of anilines is 2. The van der Waals surface area contributed by atoms with Gasteiger partial charge in [0.05, 0.1) is 26.1 Å². The van der Waals surface area contributed by atoms with Crippen LogP contribution >= 0.6 is 11.3 Å². The summed E-state index contributed by atoms with van der Waals surface area (Å²) >= 11 is 0.891. The Bertz CT molecular complexity index is 902. The molecule has 0 radical (unpaired) electrons. The minimum atomic E-state index is -3.48. The lowest BCUT2D eigenvalue weighted by molar-refractivity contribution is 0.102. The highest BCUT2D eigenvalue weighted by Crippen LogP contribution is 2.39. The Morgan fingerprint density at radius 1 is 1.00 bits per heavy atom. The summed E-state index contributed by atoms with van der Waals surface area (Å²) in [4.78, 5) is 12.6. The summed E-state index contributed by atoms with van der Waals surface area (Å²) in [7, 11) is -3.48. The van der Waals surface area contributed by atoms with Crippen LogP contribution < -0.4 is 24.2 Å². The quantitative estimate of drug-likeness (QED) is 0.588. The van der Waals surface area contributed by atoms with E-state index in [1.54, 1.807) is 12.1 Å². The number of aromatic nitrogens is 2. The van der Waals surface area contributed by atoms with E-state index in [1.165, 1.54) is 0 Å². The first-order chi connectivity index (χ1) is 13.3. The van der Waals surface area contributed by atoms with E-state index in [9.17, 15) is 13.2 Å². The predicted octanol–water partition coefficient (Wildman–Crippen LogP) is 2.36. The van der Waals surface area contributed by atoms with Crippen molar-refractivity contribution in [3.63, 3.8) is 0 Å². The standard InChI is InChI=1S/C16H22N4O6S2/c1-5-24-11-8-10(9-12(25-6-2)13(11)26-7-3)14(21)17-15-18-19-16(27-15)20-28(4,22)23/h8-9H,5-7H2,1-4H3,(H,19,20)(H,17,18,21). The van der Waals surface area contributed by atoms with Crippen LogP contribution in [0.1, 0.15) is 31.1 Å². The fraction of sp³-hybridized carbons (Fsp3) is 0.438. The molecule has 0 fully saturated rings. The van der Waals surface area contributed by atoms with Crippen LogP contribution in [0.25, 0.3) is 0 Å². The molecular weight excluding hydrogens is 408 g/mol. The molecule has 28 heavy (non-hydrogen) atoms. The summed E-state index contributed by atoms with van der Waals surface area (Å²) in [5.41, 5.74) is 0.267. The topological polar surface area (TPSA) is 129 Å². The fourth-order valence-corrected chi connectivity index (χ4v) is 3.63. The molecule has 1 aromatic carbocycles. The van der Waals surface area contributed by atoms with Gasteiger partial charge in [0.25, 0.3) is 5.91 Å². The molecule has 154 valence electrons. The normalized spacial score (nSPS) is 11.0. The molecule has 0 bridgehead atoms. The molecule has 1 aromatic heterocycles. The maximum absolute atomic E-state index is 12.6. The third-order valence-corrected chi connectivity index (χ3v) is 4.54. The zero-order valence-corrected chi connectivity index (χ0v) is 17.6. The Hall–Kier alpha value is -2.60. The first-order valence-electron chi connectivity index (χ1n) is 8.46. The number of amides is 1. The van der Waals surface area contributed by atoms with Crippen LogP contribution in [0.2, 0.25) is 0 Å². The average Bonchev–Trinajstić information content (AvgIpc) is 3.02. The molecule has 2 N–H and O–H groups in total. The van der Waals surface area contributed by atoms with Gasteiger partial charge in [0, 0.05) is 5.56 Å². The van der Waals surface area contributed by atoms with Crippen LogP contribution in [-0.4, -0.2) is 50.6 Å². The second-order valence-electron chi connectivity index (χ2n) is 5.34. The minimum Gasteiger partial charge on any atom is -0.490 e. The molecule has 0 saturated heterocycles. The number of nitrogens with one attached hydrogen (secondary N) is 2. The predicted molar refractivity (Wildman–Crippen MR) is 106 cm³/mol. The van der Waals surface area contributed by atoms with Gasteiger partial charge in [-0.25, -0.2) is 8.42 Å². The van der Waals surface area contributed by atoms with Crippen molar-refractivity contribution < 1.29 is 27.4 Å². The van der Waals surface area contributed by atoms with Gasteiger partial charge in [-0.05, 0) is 32.9 Å². The number of hydrogen-bond acceptors (Lipinski definition) is 9. The first-order valence-corrected chi connectivity index (χ1v) is 11.2. The van der Waals surface area contributed by atoms with Crippen LogP contribution in [0, 0.1) is 0 Å². The van der Waals surface area contributed by atoms with E-state index >= 15 is 0 Å². The van der Waals surface area contributed by atoms with Crippen molar-refractivity contribution in [2.45, 2.75) is 20.8 Å². The molecule has 0 atom stereocenters. The molecule has 1 amide bonds. The number of ether oxygens (including phenoxy) is 3. The summed E-state index contributed by atoms with van der Waals surface area (Å²) in [5.74, 6) is 0.722. The Morgan fingerprint density at radius 2 is 1.54 bits per heavy atom. The zero-order valence-electron chi connectivity index (χ0n) is 15.9. The monoisotopic (exact) mass is 430 g/mol. The van der Waals surface area contributed by atoms with Gasteiger partial charge in [0.15, 0.2) is 11.5 Å². The first kappa shape index (κ1) is 21.7. The third kappa shape index (κ3) is 5.96. The molecule has 2 rings (SSSR count). The molecule has 1 heterocycles. The highest BCUT2D eigenvalue weighted by molar-refractivity contribution is 7.92. The van der Waals surface area contributed by atoms with Crippen LogP contribution in [0.3, 0.4) is 0 Å². The van der Waals surface area contributed by atoms with Gasteiger partial charge >= 0.3 is 0 Å². The third-order valence-electron chi connectivity index (χ3n) is 3.09. The van der Waals surface area contributed by atoms with Crippen molar-refractivity contribution in [2.24, 2.45) is 0 Å². The second kappa shape index (κ2) is 9.55. The number of hydrogen-bond donors (Lipinski definition) is 2. The molecule has 0 aliphatic carbocycles. The number of sulfonamides is 1. The molecule has 12 heteroatoms. The summed E-state index contributed by atoms with van der Waals surface area (Å²) in [6.45, 7) is 6.65. The highest BCUT2D eigenvalue weighted by atomic mass is 32.2. The molecule has 0 spiro atoms. The smallest absolute Gasteiger partial charge is 0.257 e. The van der Waals surface area contributed by atoms with Crippen LogP contribution in [0.4, 0.5) is 10.3 Å². The number of benzene rings is 1. The summed E-state index contributed by atoms with van der Waals surface area (Å²) in [5, 5.41) is 10.2. The Labute approximate surface area is 167 Å². The van der Waals surface area contributed by atoms with Crippen LogP contribution in [0.15, 0.2) is 12.1 Å². The number of carbonyl (C=O) groups excluding carboxylic acids is 1. The lowest BCUT2D eigenvalue weighted by atomic mass is 10.1. The van der Waals surface area contributed by atoms with Gasteiger partial charge < -0.3 is 14.2 Å². The van der Waals surface area contributed by atoms with E-state index < -0.39 is 15.9 Å². The van der Waals surface area contributed by atoms with Crippen molar-refractivity contribution >= 4 is 37.5 Å². The Kier molecular flexibility index (Phi) is 7.40. The molecular formula is C16H22N4O6S2. The van der Waals surface area contributed by atoms with E-state index in [0.29, 0.717) is 37.1 Å². The summed E-state index contributed by atoms with van der Waals surface area (Å²) < 4.78 is 41.5. The SMILES string of the molecule is CCOc1cc(C(=O)Nc2nnc(NS(C)(=O)=O)s2)cc(OCC)c1OCC. The molecule has 2 aromatic rings. The van der Waals surface area contributed by atoms with Crippen molar-refractivity contribution in [3.8, 4) is 17.2 Å². The number of rotatable bonds is 10. The second-order valence-corrected chi connectivity index (χ2v) is 8.07. The molecule has 10 nitrogen and oxygen atoms in total. The van der Waals surface area contributed by atoms with E-state index in [-0.39, 0.29) is 15.8 Å². The largest absolute Gasteiger partial charge is 0.490 e. The number of carbonyl (C=O) groups is 1. The lowest BCUT2D eigenvalue weighted by Crippen LogP contribution is -2.13. The van der Waals surface area contributed by atoms with Crippen molar-refractivity contribution in [1.82, 2.24) is 10.2 Å². The van der Waals surface area contributed by atoms with Crippen molar-refractivity contribution in [2.75, 3.05) is 36.1 Å². The molecule has 0 saturated carbocycles. The van der Waals surface area contributed by atoms with Gasteiger partial charge in [-0.15, -0.1) is 10.2 Å². The maximum Gasteiger partial charge on any atom is 0.257 e. The van der Waals surface area contributed by atoms with Crippen molar-refractivity contribution in [1.29, 1.82) is 0 Å². The van der Waals surface area contributed by atoms with Gasteiger partial charge in [-0.2, -0.15) is 0 Å². The van der Waals surface area contributed by atoms with Gasteiger partial charge in [0.2, 0.25) is 26.0 Å². The molecule has 0 unspecified atom stereocenters. The number of nitrogens with zero attached hydrogens (tertiary/aromatic N) is 2. The van der Waals surface area contributed by atoms with E-state index in [0.717, 1.165) is 17.6 Å². The van der Waals surface area contributed by atoms with Gasteiger partial charge in [-0.1, -0.05) is 11.3 Å². The average molecular weight is 431 g/mol. The highest BCUT2D eigenvalue weighted by Gasteiger charge is 2.19. The van der Waals surface area contributed by atoms with Crippen molar-refractivity contribution in [3.05, 3.63) is 17.7 Å². The van der Waals surface area contributed by atoms with E-state index in [2.05, 4.69) is 20.2 Å². The Balaban J connectivity index is 2.29. The summed E-state index contributed by atoms with van der Waals surface area (Å²) in [6, 6.07) is 3.09. The lowest BCUT2D eigenvalue weighted by Gasteiger charge is -2.16. The fourth-order valence-electron chi connectivity index (χ4n) is 2.16. The molecule has 0 aliphatic heterocycles. The van der Waals surface area contributed by atoms with E-state index in [1.807, 2.05) is 20.8 Å². The zero-order chi connectivity index (χ0) is 20.7. The Morgan fingerprint density at radius 3 is 2.04 bits per heavy atom.